The van der Waals surface area contributed by atoms with Gasteiger partial charge >= 0.3 is 0 Å². The molecule has 94 valence electrons. The Kier molecular flexibility index (Phi) is 2.57. The van der Waals surface area contributed by atoms with Crippen LogP contribution in [-0.2, 0) is 0 Å². The number of aromatic amines is 2. The Labute approximate surface area is 106 Å². The summed E-state index contributed by atoms with van der Waals surface area (Å²) < 4.78 is 1.21. The molecule has 0 saturated carbocycles. The van der Waals surface area contributed by atoms with E-state index in [2.05, 4.69) is 20.1 Å². The largest absolute Gasteiger partial charge is 0.313 e. The summed E-state index contributed by atoms with van der Waals surface area (Å²) in [5.74, 6) is 0.240. The minimum atomic E-state index is -0.325. The summed E-state index contributed by atoms with van der Waals surface area (Å²) in [7, 11) is 0. The van der Waals surface area contributed by atoms with Crippen molar-refractivity contribution < 1.29 is 0 Å². The molecule has 3 aromatic rings. The van der Waals surface area contributed by atoms with Gasteiger partial charge < -0.3 is 4.98 Å². The summed E-state index contributed by atoms with van der Waals surface area (Å²) in [6.45, 7) is 0. The molecule has 0 saturated heterocycles. The Morgan fingerprint density at radius 2 is 2.16 bits per heavy atom. The maximum atomic E-state index is 12.2. The molecule has 0 aliphatic heterocycles. The monoisotopic (exact) mass is 255 g/mol. The molecule has 0 spiro atoms. The molecule has 0 atom stereocenters. The zero-order valence-corrected chi connectivity index (χ0v) is 9.70. The lowest BCUT2D eigenvalue weighted by molar-refractivity contribution is 0.809. The third-order valence-corrected chi connectivity index (χ3v) is 2.64. The molecule has 7 nitrogen and oxygen atoms in total. The number of rotatable bonds is 2. The van der Waals surface area contributed by atoms with E-state index in [1.54, 1.807) is 30.7 Å². The maximum Gasteiger partial charge on any atom is 0.280 e. The summed E-state index contributed by atoms with van der Waals surface area (Å²) >= 11 is 0. The van der Waals surface area contributed by atoms with Gasteiger partial charge in [0.05, 0.1) is 11.9 Å². The molecule has 0 aliphatic rings. The van der Waals surface area contributed by atoms with Gasteiger partial charge in [0.25, 0.3) is 11.1 Å². The first-order valence-electron chi connectivity index (χ1n) is 5.51. The summed E-state index contributed by atoms with van der Waals surface area (Å²) in [6, 6.07) is 4.77. The van der Waals surface area contributed by atoms with Gasteiger partial charge in [0.15, 0.2) is 5.82 Å². The topological polar surface area (TPSA) is 96.4 Å². The number of H-pyrrole nitrogens is 2. The predicted molar refractivity (Wildman–Crippen MR) is 68.0 cm³/mol. The molecule has 0 aromatic carbocycles. The van der Waals surface area contributed by atoms with E-state index in [4.69, 9.17) is 0 Å². The number of aromatic nitrogens is 5. The molecule has 0 unspecified atom stereocenters. The van der Waals surface area contributed by atoms with E-state index in [0.29, 0.717) is 11.1 Å². The molecule has 0 fully saturated rings. The standard InChI is InChI=1S/C12H9N5O2/c18-11-4-10(14-7-15-11)17-12(19)9(6-16-17)8-2-1-3-13-5-8/h1-7,16H,(H,14,15,18). The molecule has 0 amide bonds. The SMILES string of the molecule is O=c1cc(-n2[nH]cc(-c3cccnc3)c2=O)nc[nH]1. The van der Waals surface area contributed by atoms with Crippen LogP contribution in [0.15, 0.2) is 52.7 Å². The third-order valence-electron chi connectivity index (χ3n) is 2.64. The molecule has 0 radical (unpaired) electrons. The van der Waals surface area contributed by atoms with Gasteiger partial charge in [-0.3, -0.25) is 19.7 Å². The van der Waals surface area contributed by atoms with E-state index in [1.165, 1.54) is 17.1 Å². The van der Waals surface area contributed by atoms with E-state index in [9.17, 15) is 9.59 Å². The van der Waals surface area contributed by atoms with Crippen molar-refractivity contribution >= 4 is 0 Å². The second-order valence-corrected chi connectivity index (χ2v) is 3.84. The fraction of sp³-hybridized carbons (Fsp3) is 0. The molecule has 3 heterocycles. The third kappa shape index (κ3) is 1.97. The second-order valence-electron chi connectivity index (χ2n) is 3.84. The minimum absolute atomic E-state index is 0.240. The first-order chi connectivity index (χ1) is 9.25. The Morgan fingerprint density at radius 1 is 1.26 bits per heavy atom. The van der Waals surface area contributed by atoms with E-state index in [-0.39, 0.29) is 16.9 Å². The molecule has 0 bridgehead atoms. The highest BCUT2D eigenvalue weighted by Gasteiger charge is 2.10. The van der Waals surface area contributed by atoms with Gasteiger partial charge in [-0.25, -0.2) is 9.67 Å². The lowest BCUT2D eigenvalue weighted by atomic mass is 10.2. The average Bonchev–Trinajstić information content (AvgIpc) is 2.81. The fourth-order valence-electron chi connectivity index (χ4n) is 1.75. The maximum absolute atomic E-state index is 12.2. The van der Waals surface area contributed by atoms with Crippen LogP contribution in [0.5, 0.6) is 0 Å². The summed E-state index contributed by atoms with van der Waals surface area (Å²) in [5.41, 5.74) is 0.558. The van der Waals surface area contributed by atoms with Gasteiger partial charge in [-0.05, 0) is 6.07 Å². The second kappa shape index (κ2) is 4.37. The predicted octanol–water partition coefficient (Wildman–Crippen LogP) is 0.311. The highest BCUT2D eigenvalue weighted by Crippen LogP contribution is 2.12. The highest BCUT2D eigenvalue weighted by atomic mass is 16.1. The van der Waals surface area contributed by atoms with E-state index >= 15 is 0 Å². The first-order valence-corrected chi connectivity index (χ1v) is 5.51. The van der Waals surface area contributed by atoms with Crippen molar-refractivity contribution in [3.8, 4) is 16.9 Å². The Bertz CT molecular complexity index is 816. The van der Waals surface area contributed by atoms with Gasteiger partial charge in [-0.1, -0.05) is 6.07 Å². The van der Waals surface area contributed by atoms with Crippen LogP contribution in [0.1, 0.15) is 0 Å². The Hall–Kier alpha value is -2.96. The average molecular weight is 255 g/mol. The fourth-order valence-corrected chi connectivity index (χ4v) is 1.75. The van der Waals surface area contributed by atoms with Crippen LogP contribution in [0, 0.1) is 0 Å². The van der Waals surface area contributed by atoms with E-state index in [1.807, 2.05) is 0 Å². The molecule has 19 heavy (non-hydrogen) atoms. The highest BCUT2D eigenvalue weighted by molar-refractivity contribution is 5.60. The number of hydrogen-bond donors (Lipinski definition) is 2. The van der Waals surface area contributed by atoms with Gasteiger partial charge in [-0.2, -0.15) is 0 Å². The van der Waals surface area contributed by atoms with E-state index in [0.717, 1.165) is 0 Å². The van der Waals surface area contributed by atoms with Gasteiger partial charge in [0.2, 0.25) is 0 Å². The number of nitrogens with zero attached hydrogens (tertiary/aromatic N) is 3. The number of hydrogen-bond acceptors (Lipinski definition) is 4. The molecule has 7 heteroatoms. The van der Waals surface area contributed by atoms with E-state index < -0.39 is 0 Å². The van der Waals surface area contributed by atoms with Crippen molar-refractivity contribution in [3.05, 3.63) is 63.8 Å². The number of nitrogens with one attached hydrogen (secondary N) is 2. The van der Waals surface area contributed by atoms with Gasteiger partial charge in [0, 0.05) is 30.2 Å². The Morgan fingerprint density at radius 3 is 2.89 bits per heavy atom. The quantitative estimate of drug-likeness (QED) is 0.688. The van der Waals surface area contributed by atoms with Crippen LogP contribution in [0.4, 0.5) is 0 Å². The van der Waals surface area contributed by atoms with Crippen molar-refractivity contribution in [1.29, 1.82) is 0 Å². The van der Waals surface area contributed by atoms with Crippen molar-refractivity contribution in [3.63, 3.8) is 0 Å². The summed E-state index contributed by atoms with van der Waals surface area (Å²) in [5, 5.41) is 2.78. The number of pyridine rings is 1. The van der Waals surface area contributed by atoms with Crippen molar-refractivity contribution in [2.45, 2.75) is 0 Å². The molecule has 3 rings (SSSR count). The smallest absolute Gasteiger partial charge is 0.280 e. The normalized spacial score (nSPS) is 10.5. The van der Waals surface area contributed by atoms with Crippen LogP contribution in [0.25, 0.3) is 16.9 Å². The van der Waals surface area contributed by atoms with Gasteiger partial charge in [-0.15, -0.1) is 0 Å². The Balaban J connectivity index is 2.15. The minimum Gasteiger partial charge on any atom is -0.313 e. The van der Waals surface area contributed by atoms with Gasteiger partial charge in [0.1, 0.15) is 0 Å². The molecule has 3 aromatic heterocycles. The van der Waals surface area contributed by atoms with Crippen LogP contribution >= 0.6 is 0 Å². The molecular formula is C12H9N5O2. The zero-order chi connectivity index (χ0) is 13.2. The zero-order valence-electron chi connectivity index (χ0n) is 9.70. The van der Waals surface area contributed by atoms with Crippen molar-refractivity contribution in [2.75, 3.05) is 0 Å². The van der Waals surface area contributed by atoms with Crippen LogP contribution in [0.2, 0.25) is 0 Å². The van der Waals surface area contributed by atoms with Crippen LogP contribution in [-0.4, -0.2) is 24.7 Å². The van der Waals surface area contributed by atoms with Crippen LogP contribution < -0.4 is 11.1 Å². The lowest BCUT2D eigenvalue weighted by Gasteiger charge is -1.98. The summed E-state index contributed by atoms with van der Waals surface area (Å²) in [6.07, 6.45) is 6.03. The molecular weight excluding hydrogens is 246 g/mol. The van der Waals surface area contributed by atoms with Crippen LogP contribution in [0.3, 0.4) is 0 Å². The molecule has 2 N–H and O–H groups in total. The van der Waals surface area contributed by atoms with Crippen molar-refractivity contribution in [1.82, 2.24) is 24.7 Å². The lowest BCUT2D eigenvalue weighted by Crippen LogP contribution is -2.19. The molecule has 0 aliphatic carbocycles. The van der Waals surface area contributed by atoms with Crippen molar-refractivity contribution in [2.24, 2.45) is 0 Å². The summed E-state index contributed by atoms with van der Waals surface area (Å²) in [4.78, 5) is 33.7. The first kappa shape index (κ1) is 11.1.